The fourth-order valence-electron chi connectivity index (χ4n) is 1.58. The first-order valence-corrected chi connectivity index (χ1v) is 5.48. The van der Waals surface area contributed by atoms with Gasteiger partial charge in [0.2, 0.25) is 0 Å². The van der Waals surface area contributed by atoms with Crippen LogP contribution in [-0.4, -0.2) is 0 Å². The molecule has 0 fully saturated rings. The van der Waals surface area contributed by atoms with Crippen molar-refractivity contribution in [2.75, 3.05) is 0 Å². The van der Waals surface area contributed by atoms with Gasteiger partial charge in [0, 0.05) is 11.6 Å². The molecular formula is C12H16ClF4N. The van der Waals surface area contributed by atoms with Gasteiger partial charge in [-0.25, -0.2) is 4.39 Å². The van der Waals surface area contributed by atoms with E-state index in [9.17, 15) is 17.6 Å². The molecule has 0 radical (unpaired) electrons. The van der Waals surface area contributed by atoms with Crippen LogP contribution < -0.4 is 5.73 Å². The Bertz CT molecular complexity index is 379. The van der Waals surface area contributed by atoms with Gasteiger partial charge in [-0.1, -0.05) is 19.8 Å². The molecule has 1 aromatic carbocycles. The molecule has 0 saturated heterocycles. The Balaban J connectivity index is 0.00000289. The topological polar surface area (TPSA) is 26.0 Å². The van der Waals surface area contributed by atoms with Crippen LogP contribution in [0.25, 0.3) is 0 Å². The van der Waals surface area contributed by atoms with Gasteiger partial charge in [-0.15, -0.1) is 12.4 Å². The van der Waals surface area contributed by atoms with Crippen molar-refractivity contribution in [2.45, 2.75) is 38.4 Å². The van der Waals surface area contributed by atoms with E-state index in [-0.39, 0.29) is 18.0 Å². The summed E-state index contributed by atoms with van der Waals surface area (Å²) in [5.41, 5.74) is 4.76. The van der Waals surface area contributed by atoms with Crippen molar-refractivity contribution >= 4 is 12.4 Å². The van der Waals surface area contributed by atoms with Crippen molar-refractivity contribution < 1.29 is 17.6 Å². The van der Waals surface area contributed by atoms with E-state index in [2.05, 4.69) is 0 Å². The van der Waals surface area contributed by atoms with Crippen LogP contribution in [0, 0.1) is 5.82 Å². The molecule has 104 valence electrons. The van der Waals surface area contributed by atoms with Gasteiger partial charge in [-0.3, -0.25) is 0 Å². The highest BCUT2D eigenvalue weighted by Gasteiger charge is 2.31. The molecule has 0 spiro atoms. The number of hydrogen-bond donors (Lipinski definition) is 1. The van der Waals surface area contributed by atoms with Crippen LogP contribution in [0.2, 0.25) is 0 Å². The largest absolute Gasteiger partial charge is 0.416 e. The maximum Gasteiger partial charge on any atom is 0.416 e. The normalized spacial score (nSPS) is 13.0. The van der Waals surface area contributed by atoms with Crippen molar-refractivity contribution in [1.82, 2.24) is 0 Å². The number of halogens is 5. The van der Waals surface area contributed by atoms with Crippen LogP contribution in [0.4, 0.5) is 17.6 Å². The minimum absolute atomic E-state index is 0. The monoisotopic (exact) mass is 285 g/mol. The molecule has 0 aliphatic heterocycles. The van der Waals surface area contributed by atoms with Crippen LogP contribution in [0.1, 0.15) is 43.4 Å². The molecular weight excluding hydrogens is 270 g/mol. The molecule has 1 aromatic rings. The molecule has 0 heterocycles. The molecule has 0 saturated carbocycles. The average molecular weight is 286 g/mol. The summed E-state index contributed by atoms with van der Waals surface area (Å²) in [6.45, 7) is 1.94. The lowest BCUT2D eigenvalue weighted by atomic mass is 9.99. The Hall–Kier alpha value is -0.810. The van der Waals surface area contributed by atoms with Crippen molar-refractivity contribution in [3.8, 4) is 0 Å². The second-order valence-electron chi connectivity index (χ2n) is 3.98. The molecule has 2 N–H and O–H groups in total. The molecule has 1 rings (SSSR count). The van der Waals surface area contributed by atoms with E-state index in [4.69, 9.17) is 5.73 Å². The second-order valence-corrected chi connectivity index (χ2v) is 3.98. The van der Waals surface area contributed by atoms with Crippen molar-refractivity contribution in [1.29, 1.82) is 0 Å². The van der Waals surface area contributed by atoms with Gasteiger partial charge < -0.3 is 5.73 Å². The van der Waals surface area contributed by atoms with E-state index in [1.54, 1.807) is 0 Å². The molecule has 0 amide bonds. The highest BCUT2D eigenvalue weighted by molar-refractivity contribution is 5.85. The zero-order chi connectivity index (χ0) is 13.1. The quantitative estimate of drug-likeness (QED) is 0.812. The maximum atomic E-state index is 13.4. The van der Waals surface area contributed by atoms with Gasteiger partial charge in [0.05, 0.1) is 5.56 Å². The molecule has 0 aliphatic rings. The standard InChI is InChI=1S/C12H15F4N.ClH/c1-2-3-4-11(17)9-7-8(12(14,15)16)5-6-10(9)13;/h5-7,11H,2-4,17H2,1H3;1H/t11-;/m1./s1. The number of benzene rings is 1. The second kappa shape index (κ2) is 6.95. The Morgan fingerprint density at radius 2 is 1.89 bits per heavy atom. The lowest BCUT2D eigenvalue weighted by Gasteiger charge is -2.15. The molecule has 6 heteroatoms. The van der Waals surface area contributed by atoms with Crippen LogP contribution >= 0.6 is 12.4 Å². The fraction of sp³-hybridized carbons (Fsp3) is 0.500. The summed E-state index contributed by atoms with van der Waals surface area (Å²) in [6, 6.07) is 1.67. The van der Waals surface area contributed by atoms with E-state index in [0.29, 0.717) is 6.42 Å². The summed E-state index contributed by atoms with van der Waals surface area (Å²) < 4.78 is 50.7. The van der Waals surface area contributed by atoms with E-state index < -0.39 is 23.6 Å². The van der Waals surface area contributed by atoms with Crippen LogP contribution in [0.5, 0.6) is 0 Å². The van der Waals surface area contributed by atoms with Gasteiger partial charge in [0.1, 0.15) is 5.82 Å². The first-order valence-electron chi connectivity index (χ1n) is 5.48. The molecule has 18 heavy (non-hydrogen) atoms. The van der Waals surface area contributed by atoms with Gasteiger partial charge in [0.15, 0.2) is 0 Å². The molecule has 0 unspecified atom stereocenters. The van der Waals surface area contributed by atoms with E-state index >= 15 is 0 Å². The van der Waals surface area contributed by atoms with Gasteiger partial charge in [0.25, 0.3) is 0 Å². The lowest BCUT2D eigenvalue weighted by molar-refractivity contribution is -0.137. The summed E-state index contributed by atoms with van der Waals surface area (Å²) in [6.07, 6.45) is -2.35. The lowest BCUT2D eigenvalue weighted by Crippen LogP contribution is -2.14. The van der Waals surface area contributed by atoms with E-state index in [0.717, 1.165) is 31.0 Å². The van der Waals surface area contributed by atoms with E-state index in [1.807, 2.05) is 6.92 Å². The number of nitrogens with two attached hydrogens (primary N) is 1. The first kappa shape index (κ1) is 17.2. The molecule has 1 atom stereocenters. The SMILES string of the molecule is CCCC[C@@H](N)c1cc(C(F)(F)F)ccc1F.Cl. The van der Waals surface area contributed by atoms with Crippen molar-refractivity contribution in [3.05, 3.63) is 35.1 Å². The third-order valence-electron chi connectivity index (χ3n) is 2.59. The third-order valence-corrected chi connectivity index (χ3v) is 2.59. The molecule has 0 bridgehead atoms. The van der Waals surface area contributed by atoms with Crippen molar-refractivity contribution in [2.24, 2.45) is 5.73 Å². The summed E-state index contributed by atoms with van der Waals surface area (Å²) >= 11 is 0. The molecule has 0 aromatic heterocycles. The highest BCUT2D eigenvalue weighted by Crippen LogP contribution is 2.32. The van der Waals surface area contributed by atoms with Crippen LogP contribution in [0.15, 0.2) is 18.2 Å². The van der Waals surface area contributed by atoms with Crippen molar-refractivity contribution in [3.63, 3.8) is 0 Å². The summed E-state index contributed by atoms with van der Waals surface area (Å²) in [7, 11) is 0. The number of hydrogen-bond acceptors (Lipinski definition) is 1. The van der Waals surface area contributed by atoms with Gasteiger partial charge in [-0.05, 0) is 24.6 Å². The minimum atomic E-state index is -4.47. The molecule has 0 aliphatic carbocycles. The zero-order valence-corrected chi connectivity index (χ0v) is 10.7. The maximum absolute atomic E-state index is 13.4. The van der Waals surface area contributed by atoms with E-state index in [1.165, 1.54) is 0 Å². The van der Waals surface area contributed by atoms with Gasteiger partial charge in [-0.2, -0.15) is 13.2 Å². The number of unbranched alkanes of at least 4 members (excludes halogenated alkanes) is 1. The Labute approximate surface area is 110 Å². The number of alkyl halides is 3. The predicted molar refractivity (Wildman–Crippen MR) is 65.1 cm³/mol. The number of rotatable bonds is 4. The highest BCUT2D eigenvalue weighted by atomic mass is 35.5. The average Bonchev–Trinajstić information content (AvgIpc) is 2.24. The van der Waals surface area contributed by atoms with Crippen LogP contribution in [0.3, 0.4) is 0 Å². The summed E-state index contributed by atoms with van der Waals surface area (Å²) in [5.74, 6) is -0.679. The minimum Gasteiger partial charge on any atom is -0.324 e. The Kier molecular flexibility index (Phi) is 6.63. The smallest absolute Gasteiger partial charge is 0.324 e. The van der Waals surface area contributed by atoms with Gasteiger partial charge >= 0.3 is 6.18 Å². The third kappa shape index (κ3) is 4.46. The predicted octanol–water partition coefficient (Wildman–Crippen LogP) is 4.46. The zero-order valence-electron chi connectivity index (χ0n) is 9.93. The Morgan fingerprint density at radius 1 is 1.28 bits per heavy atom. The molecule has 1 nitrogen and oxygen atoms in total. The van der Waals surface area contributed by atoms with Crippen LogP contribution in [-0.2, 0) is 6.18 Å². The summed E-state index contributed by atoms with van der Waals surface area (Å²) in [4.78, 5) is 0. The first-order chi connectivity index (χ1) is 7.86. The fourth-order valence-corrected chi connectivity index (χ4v) is 1.58. The Morgan fingerprint density at radius 3 is 2.39 bits per heavy atom. The summed E-state index contributed by atoms with van der Waals surface area (Å²) in [5, 5.41) is 0.